The number of rotatable bonds is 0. The average molecular weight is 231 g/mol. The first-order chi connectivity index (χ1) is 6.82. The van der Waals surface area contributed by atoms with Gasteiger partial charge in [0, 0.05) is 5.23 Å². The Morgan fingerprint density at radius 2 is 1.67 bits per heavy atom. The molecule has 1 aliphatic carbocycles. The molecule has 0 radical (unpaired) electrons. The maximum absolute atomic E-state index is 13.5. The number of fused-ring (bicyclic) bond motifs is 1. The van der Waals surface area contributed by atoms with Gasteiger partial charge in [0.15, 0.2) is 0 Å². The lowest BCUT2D eigenvalue weighted by atomic mass is 9.99. The number of hydrazine groups is 2. The van der Waals surface area contributed by atoms with Crippen LogP contribution in [0.1, 0.15) is 0 Å². The van der Waals surface area contributed by atoms with Crippen LogP contribution in [0.2, 0.25) is 0 Å². The summed E-state index contributed by atoms with van der Waals surface area (Å²) in [6.07, 6.45) is 1.12. The first-order valence-corrected chi connectivity index (χ1v) is 3.67. The van der Waals surface area contributed by atoms with Crippen molar-refractivity contribution < 1.29 is 26.6 Å². The second-order valence-electron chi connectivity index (χ2n) is 2.92. The lowest BCUT2D eigenvalue weighted by Gasteiger charge is -2.29. The Bertz CT molecular complexity index is 355. The van der Waals surface area contributed by atoms with Crippen molar-refractivity contribution in [1.82, 2.24) is 15.8 Å². The average Bonchev–Trinajstić information content (AvgIpc) is 2.33. The molecule has 0 aromatic carbocycles. The highest BCUT2D eigenvalue weighted by atomic mass is 19.3. The summed E-state index contributed by atoms with van der Waals surface area (Å²) in [7, 11) is 0. The molecule has 0 aromatic rings. The van der Waals surface area contributed by atoms with Crippen molar-refractivity contribution in [2.45, 2.75) is 11.7 Å². The van der Waals surface area contributed by atoms with Gasteiger partial charge in [0.05, 0.1) is 5.34 Å². The van der Waals surface area contributed by atoms with Gasteiger partial charge in [0.25, 0.3) is 0 Å². The topological polar surface area (TPSA) is 9.72 Å². The first-order valence-electron chi connectivity index (χ1n) is 3.67. The zero-order chi connectivity index (χ0) is 11.4. The molecule has 9 heteroatoms. The van der Waals surface area contributed by atoms with Crippen molar-refractivity contribution in [3.05, 3.63) is 23.9 Å². The van der Waals surface area contributed by atoms with Crippen LogP contribution in [0.15, 0.2) is 23.9 Å². The fraction of sp³-hybridized carbons (Fsp3) is 0.333. The third-order valence-electron chi connectivity index (χ3n) is 2.08. The highest BCUT2D eigenvalue weighted by molar-refractivity contribution is 5.33. The predicted octanol–water partition coefficient (Wildman–Crippen LogP) is 2.14. The van der Waals surface area contributed by atoms with Crippen molar-refractivity contribution in [2.24, 2.45) is 0 Å². The van der Waals surface area contributed by atoms with Gasteiger partial charge in [-0.15, -0.1) is 4.48 Å². The smallest absolute Gasteiger partial charge is 0.207 e. The van der Waals surface area contributed by atoms with Gasteiger partial charge >= 0.3 is 11.7 Å². The van der Waals surface area contributed by atoms with E-state index < -0.39 is 33.2 Å². The van der Waals surface area contributed by atoms with Crippen molar-refractivity contribution in [2.75, 3.05) is 0 Å². The van der Waals surface area contributed by atoms with Gasteiger partial charge in [-0.3, -0.25) is 0 Å². The lowest BCUT2D eigenvalue weighted by molar-refractivity contribution is -0.409. The van der Waals surface area contributed by atoms with E-state index in [1.54, 1.807) is 0 Å². The van der Waals surface area contributed by atoms with E-state index in [4.69, 9.17) is 0 Å². The normalized spacial score (nSPS) is 35.6. The summed E-state index contributed by atoms with van der Waals surface area (Å²) in [5, 5.41) is -4.35. The Kier molecular flexibility index (Phi) is 1.83. The van der Waals surface area contributed by atoms with Crippen LogP contribution in [0.4, 0.5) is 26.6 Å². The summed E-state index contributed by atoms with van der Waals surface area (Å²) in [6.45, 7) is 0. The van der Waals surface area contributed by atoms with E-state index in [0.29, 0.717) is 12.2 Å². The quantitative estimate of drug-likeness (QED) is 0.359. The van der Waals surface area contributed by atoms with Gasteiger partial charge in [-0.2, -0.15) is 8.78 Å². The summed E-state index contributed by atoms with van der Waals surface area (Å²) in [5.74, 6) is -8.58. The Morgan fingerprint density at radius 3 is 2.20 bits per heavy atom. The van der Waals surface area contributed by atoms with Crippen LogP contribution in [0.25, 0.3) is 0 Å². The molecular formula is C6H3F6N3. The molecule has 0 bridgehead atoms. The minimum absolute atomic E-state index is 0.0100. The summed E-state index contributed by atoms with van der Waals surface area (Å²) in [4.78, 5) is 0. The summed E-state index contributed by atoms with van der Waals surface area (Å²) in [6, 6.07) is 0. The third-order valence-corrected chi connectivity index (χ3v) is 2.08. The minimum atomic E-state index is -4.38. The fourth-order valence-electron chi connectivity index (χ4n) is 1.32. The summed E-state index contributed by atoms with van der Waals surface area (Å²) >= 11 is 0. The van der Waals surface area contributed by atoms with E-state index in [2.05, 4.69) is 0 Å². The largest absolute Gasteiger partial charge is 0.323 e. The number of alkyl halides is 3. The molecule has 2 rings (SSSR count). The van der Waals surface area contributed by atoms with Gasteiger partial charge < -0.3 is 0 Å². The van der Waals surface area contributed by atoms with Crippen LogP contribution in [-0.4, -0.2) is 27.5 Å². The first kappa shape index (κ1) is 10.3. The number of allylic oxidation sites excluding steroid dienone is 2. The second kappa shape index (κ2) is 2.67. The highest BCUT2D eigenvalue weighted by Crippen LogP contribution is 2.51. The molecule has 3 nitrogen and oxygen atoms in total. The molecular weight excluding hydrogens is 228 g/mol. The highest BCUT2D eigenvalue weighted by Gasteiger charge is 2.72. The fourth-order valence-corrected chi connectivity index (χ4v) is 1.32. The van der Waals surface area contributed by atoms with E-state index in [1.807, 2.05) is 0 Å². The van der Waals surface area contributed by atoms with E-state index in [9.17, 15) is 26.6 Å². The molecule has 2 aliphatic rings. The second-order valence-corrected chi connectivity index (χ2v) is 2.92. The molecule has 0 amide bonds. The Balaban J connectivity index is 2.57. The van der Waals surface area contributed by atoms with Crippen LogP contribution in [0, 0.1) is 0 Å². The molecule has 1 heterocycles. The molecule has 0 N–H and O–H groups in total. The van der Waals surface area contributed by atoms with E-state index in [0.717, 1.165) is 0 Å². The van der Waals surface area contributed by atoms with Crippen molar-refractivity contribution in [1.29, 1.82) is 0 Å². The molecule has 84 valence electrons. The van der Waals surface area contributed by atoms with Crippen LogP contribution < -0.4 is 0 Å². The Morgan fingerprint density at radius 1 is 1.07 bits per heavy atom. The predicted molar refractivity (Wildman–Crippen MR) is 34.9 cm³/mol. The van der Waals surface area contributed by atoms with Crippen molar-refractivity contribution in [3.63, 3.8) is 0 Å². The third kappa shape index (κ3) is 0.988. The van der Waals surface area contributed by atoms with E-state index in [1.165, 1.54) is 0 Å². The molecule has 1 aliphatic heterocycles. The maximum atomic E-state index is 13.5. The molecule has 0 spiro atoms. The Hall–Kier alpha value is -1.22. The van der Waals surface area contributed by atoms with Gasteiger partial charge in [0.1, 0.15) is 5.70 Å². The Labute approximate surface area is 79.2 Å². The molecule has 1 unspecified atom stereocenters. The standard InChI is InChI=1S/C6H3F6N3/c7-5(8)3-1-2-4-6(5,9)14(11)15(12)13(4)10/h1-3H. The maximum Gasteiger partial charge on any atom is 0.323 e. The number of nitrogens with zero attached hydrogens (tertiary/aromatic N) is 3. The van der Waals surface area contributed by atoms with E-state index >= 15 is 0 Å². The van der Waals surface area contributed by atoms with Gasteiger partial charge in [0.2, 0.25) is 0 Å². The summed E-state index contributed by atoms with van der Waals surface area (Å²) in [5.41, 5.74) is -1.47. The number of hydrogen-bond acceptors (Lipinski definition) is 3. The van der Waals surface area contributed by atoms with Gasteiger partial charge in [-0.1, -0.05) is 20.3 Å². The van der Waals surface area contributed by atoms with Crippen LogP contribution in [0.3, 0.4) is 0 Å². The zero-order valence-corrected chi connectivity index (χ0v) is 6.84. The van der Waals surface area contributed by atoms with Crippen LogP contribution >= 0.6 is 0 Å². The number of halogens is 6. The van der Waals surface area contributed by atoms with Crippen molar-refractivity contribution >= 4 is 0 Å². The molecule has 0 aromatic heterocycles. The minimum Gasteiger partial charge on any atom is -0.207 e. The molecule has 1 atom stereocenters. The monoisotopic (exact) mass is 231 g/mol. The zero-order valence-electron chi connectivity index (χ0n) is 6.84. The summed E-state index contributed by atoms with van der Waals surface area (Å²) < 4.78 is 77.5. The van der Waals surface area contributed by atoms with Crippen LogP contribution in [-0.2, 0) is 0 Å². The number of hydrogen-bond donors (Lipinski definition) is 0. The SMILES string of the molecule is FN1C2=CC=CC(F)(F)C2(F)N(F)N1F. The molecule has 1 fully saturated rings. The van der Waals surface area contributed by atoms with Gasteiger partial charge in [-0.25, -0.2) is 4.39 Å². The van der Waals surface area contributed by atoms with Crippen LogP contribution in [0.5, 0.6) is 0 Å². The van der Waals surface area contributed by atoms with Gasteiger partial charge in [-0.05, 0) is 12.2 Å². The lowest BCUT2D eigenvalue weighted by Crippen LogP contribution is -2.53. The van der Waals surface area contributed by atoms with E-state index in [-0.39, 0.29) is 6.08 Å². The van der Waals surface area contributed by atoms with Crippen molar-refractivity contribution in [3.8, 4) is 0 Å². The molecule has 0 saturated carbocycles. The molecule has 15 heavy (non-hydrogen) atoms. The molecule has 1 saturated heterocycles.